The third-order valence-corrected chi connectivity index (χ3v) is 11.4. The first-order valence-electron chi connectivity index (χ1n) is 16.9. The van der Waals surface area contributed by atoms with Crippen molar-refractivity contribution in [2.75, 3.05) is 51.0 Å². The molecule has 6 heterocycles. The summed E-state index contributed by atoms with van der Waals surface area (Å²) in [5.41, 5.74) is 11.6. The van der Waals surface area contributed by atoms with E-state index < -0.39 is 11.8 Å². The molecule has 47 heavy (non-hydrogen) atoms. The number of hydrogen-bond acceptors (Lipinski definition) is 9. The van der Waals surface area contributed by atoms with Gasteiger partial charge in [-0.05, 0) is 61.6 Å². The number of benzene rings is 1. The van der Waals surface area contributed by atoms with E-state index in [1.807, 2.05) is 16.8 Å². The fourth-order valence-corrected chi connectivity index (χ4v) is 8.94. The molecule has 5 aliphatic rings. The number of alkyl halides is 1. The number of anilines is 2. The van der Waals surface area contributed by atoms with Gasteiger partial charge in [-0.2, -0.15) is 15.1 Å². The third kappa shape index (κ3) is 4.89. The zero-order valence-corrected chi connectivity index (χ0v) is 27.9. The number of amides is 1. The van der Waals surface area contributed by atoms with Gasteiger partial charge in [0.2, 0.25) is 0 Å². The Hall–Kier alpha value is -3.77. The predicted molar refractivity (Wildman–Crippen MR) is 175 cm³/mol. The second-order valence-electron chi connectivity index (χ2n) is 15.1. The third-order valence-electron chi connectivity index (χ3n) is 11.4. The maximum Gasteiger partial charge on any atom is 0.318 e. The molecular formula is C35H45FN8O3. The number of nitrogens with zero attached hydrogens (tertiary/aromatic N) is 7. The molecule has 8 rings (SSSR count). The van der Waals surface area contributed by atoms with E-state index in [4.69, 9.17) is 25.2 Å². The highest BCUT2D eigenvalue weighted by Gasteiger charge is 2.56. The van der Waals surface area contributed by atoms with Crippen molar-refractivity contribution in [3.05, 3.63) is 58.0 Å². The maximum absolute atomic E-state index is 14.6. The summed E-state index contributed by atoms with van der Waals surface area (Å²) in [7, 11) is 3.48. The van der Waals surface area contributed by atoms with Crippen molar-refractivity contribution < 1.29 is 18.7 Å². The normalized spacial score (nSPS) is 27.7. The Morgan fingerprint density at radius 3 is 2.83 bits per heavy atom. The van der Waals surface area contributed by atoms with Gasteiger partial charge in [0.15, 0.2) is 5.69 Å². The van der Waals surface area contributed by atoms with Crippen LogP contribution in [0.5, 0.6) is 6.01 Å². The van der Waals surface area contributed by atoms with Gasteiger partial charge in [0.25, 0.3) is 5.91 Å². The van der Waals surface area contributed by atoms with E-state index in [1.165, 1.54) is 5.56 Å². The number of nitrogens with two attached hydrogens (primary N) is 1. The van der Waals surface area contributed by atoms with E-state index in [0.29, 0.717) is 57.4 Å². The predicted octanol–water partition coefficient (Wildman–Crippen LogP) is 3.87. The quantitative estimate of drug-likeness (QED) is 0.414. The lowest BCUT2D eigenvalue weighted by Gasteiger charge is -2.45. The molecule has 2 N–H and O–H groups in total. The standard InChI is InChI=1S/C35H45FN8O3/c1-33(2)15-22-7-8-24(37)13-27(22)35(33)17-29-26(20-47-35)30(39-32(38-29)46-21-34-9-5-11-43(34)18-23(36)16-34)42-10-6-12-44-25(19-42)14-28(40-44)31(45)41(3)4/h7-8,13-14,23H,5-6,9-12,15-21,37H2,1-4H3/t23-,34+,35?/m1/s1. The first-order valence-corrected chi connectivity index (χ1v) is 16.9. The second-order valence-corrected chi connectivity index (χ2v) is 15.1. The van der Waals surface area contributed by atoms with Crippen molar-refractivity contribution in [2.45, 2.75) is 89.4 Å². The Bertz CT molecular complexity index is 1740. The topological polar surface area (TPSA) is 115 Å². The smallest absolute Gasteiger partial charge is 0.318 e. The van der Waals surface area contributed by atoms with Crippen molar-refractivity contribution >= 4 is 17.4 Å². The average molecular weight is 645 g/mol. The van der Waals surface area contributed by atoms with Gasteiger partial charge in [-0.3, -0.25) is 14.4 Å². The highest BCUT2D eigenvalue weighted by atomic mass is 19.1. The summed E-state index contributed by atoms with van der Waals surface area (Å²) in [5.74, 6) is 0.669. The highest BCUT2D eigenvalue weighted by Crippen LogP contribution is 2.57. The molecule has 1 amide bonds. The number of aromatic nitrogens is 4. The molecule has 0 saturated carbocycles. The molecule has 11 nitrogen and oxygen atoms in total. The SMILES string of the molecule is CN(C)C(=O)c1cc2n(n1)CCCN(c1nc(OC[C@@]34CCCN3C[C@H](F)C4)nc3c1COC1(C3)c3cc(N)ccc3CC1(C)C)C2. The fraction of sp³-hybridized carbons (Fsp3) is 0.600. The summed E-state index contributed by atoms with van der Waals surface area (Å²) in [6.07, 6.45) is 3.89. The van der Waals surface area contributed by atoms with Crippen LogP contribution in [-0.4, -0.2) is 87.5 Å². The van der Waals surface area contributed by atoms with E-state index in [0.717, 1.165) is 72.8 Å². The van der Waals surface area contributed by atoms with Crippen LogP contribution < -0.4 is 15.4 Å². The van der Waals surface area contributed by atoms with Gasteiger partial charge in [0, 0.05) is 63.2 Å². The molecule has 1 unspecified atom stereocenters. The van der Waals surface area contributed by atoms with Crippen molar-refractivity contribution in [3.8, 4) is 6.01 Å². The van der Waals surface area contributed by atoms with Crippen LogP contribution in [0, 0.1) is 5.41 Å². The summed E-state index contributed by atoms with van der Waals surface area (Å²) in [6.45, 7) is 8.60. The van der Waals surface area contributed by atoms with Gasteiger partial charge < -0.3 is 25.0 Å². The zero-order valence-electron chi connectivity index (χ0n) is 27.9. The minimum Gasteiger partial charge on any atom is -0.461 e. The molecule has 1 aromatic carbocycles. The van der Waals surface area contributed by atoms with Crippen LogP contribution in [-0.2, 0) is 42.9 Å². The Kier molecular flexibility index (Phi) is 7.07. The zero-order chi connectivity index (χ0) is 32.7. The van der Waals surface area contributed by atoms with Crippen molar-refractivity contribution in [3.63, 3.8) is 0 Å². The molecule has 3 aromatic rings. The first kappa shape index (κ1) is 30.6. The number of hydrogen-bond donors (Lipinski definition) is 1. The van der Waals surface area contributed by atoms with Crippen molar-refractivity contribution in [2.24, 2.45) is 5.41 Å². The molecule has 12 heteroatoms. The lowest BCUT2D eigenvalue weighted by atomic mass is 9.71. The van der Waals surface area contributed by atoms with Crippen molar-refractivity contribution in [1.82, 2.24) is 29.5 Å². The molecule has 2 fully saturated rings. The maximum atomic E-state index is 14.6. The van der Waals surface area contributed by atoms with Crippen LogP contribution >= 0.6 is 0 Å². The number of carbonyl (C=O) groups is 1. The molecule has 1 spiro atoms. The summed E-state index contributed by atoms with van der Waals surface area (Å²) < 4.78 is 30.0. The minimum atomic E-state index is -0.834. The van der Waals surface area contributed by atoms with Gasteiger partial charge >= 0.3 is 6.01 Å². The minimum absolute atomic E-state index is 0.117. The number of fused-ring (bicyclic) bond motifs is 5. The molecule has 1 aliphatic carbocycles. The number of halogens is 1. The fourth-order valence-electron chi connectivity index (χ4n) is 8.94. The van der Waals surface area contributed by atoms with Gasteiger partial charge in [0.1, 0.15) is 24.2 Å². The van der Waals surface area contributed by atoms with E-state index in [9.17, 15) is 9.18 Å². The summed E-state index contributed by atoms with van der Waals surface area (Å²) >= 11 is 0. The van der Waals surface area contributed by atoms with Crippen LogP contribution in [0.25, 0.3) is 0 Å². The number of rotatable bonds is 5. The number of nitrogen functional groups attached to an aromatic ring is 1. The van der Waals surface area contributed by atoms with Crippen LogP contribution in [0.4, 0.5) is 15.9 Å². The Balaban J connectivity index is 1.18. The van der Waals surface area contributed by atoms with Crippen LogP contribution in [0.1, 0.15) is 78.1 Å². The lowest BCUT2D eigenvalue weighted by Crippen LogP contribution is -2.46. The molecular weight excluding hydrogens is 599 g/mol. The first-order chi connectivity index (χ1) is 22.5. The van der Waals surface area contributed by atoms with Gasteiger partial charge in [0.05, 0.1) is 30.1 Å². The van der Waals surface area contributed by atoms with E-state index in [2.05, 4.69) is 40.9 Å². The van der Waals surface area contributed by atoms with E-state index in [-0.39, 0.29) is 16.9 Å². The molecule has 250 valence electrons. The summed E-state index contributed by atoms with van der Waals surface area (Å²) in [6, 6.07) is 8.38. The number of ether oxygens (including phenoxy) is 2. The molecule has 2 saturated heterocycles. The molecule has 0 radical (unpaired) electrons. The number of carbonyl (C=O) groups excluding carboxylic acids is 1. The Morgan fingerprint density at radius 2 is 2.00 bits per heavy atom. The molecule has 3 atom stereocenters. The van der Waals surface area contributed by atoms with Gasteiger partial charge in [-0.25, -0.2) is 4.39 Å². The summed E-state index contributed by atoms with van der Waals surface area (Å²) in [5, 5.41) is 4.64. The largest absolute Gasteiger partial charge is 0.461 e. The van der Waals surface area contributed by atoms with E-state index >= 15 is 0 Å². The van der Waals surface area contributed by atoms with Gasteiger partial charge in [-0.1, -0.05) is 19.9 Å². The van der Waals surface area contributed by atoms with Crippen LogP contribution in [0.2, 0.25) is 0 Å². The monoisotopic (exact) mass is 644 g/mol. The van der Waals surface area contributed by atoms with Crippen LogP contribution in [0.3, 0.4) is 0 Å². The second kappa shape index (κ2) is 10.9. The Morgan fingerprint density at radius 1 is 1.15 bits per heavy atom. The average Bonchev–Trinajstić information content (AvgIpc) is 3.71. The van der Waals surface area contributed by atoms with Gasteiger partial charge in [-0.15, -0.1) is 0 Å². The number of aryl methyl sites for hydroxylation is 1. The molecule has 4 aliphatic heterocycles. The van der Waals surface area contributed by atoms with E-state index in [1.54, 1.807) is 19.0 Å². The molecule has 0 bridgehead atoms. The summed E-state index contributed by atoms with van der Waals surface area (Å²) in [4.78, 5) is 29.0. The van der Waals surface area contributed by atoms with Crippen LogP contribution in [0.15, 0.2) is 24.3 Å². The molecule has 2 aromatic heterocycles. The highest BCUT2D eigenvalue weighted by molar-refractivity contribution is 5.92. The van der Waals surface area contributed by atoms with Crippen molar-refractivity contribution in [1.29, 1.82) is 0 Å². The Labute approximate surface area is 275 Å². The lowest BCUT2D eigenvalue weighted by molar-refractivity contribution is -0.139.